The predicted molar refractivity (Wildman–Crippen MR) is 102 cm³/mol. The first-order valence-electron chi connectivity index (χ1n) is 8.78. The van der Waals surface area contributed by atoms with Crippen LogP contribution in [-0.2, 0) is 17.9 Å². The molecule has 26 heavy (non-hydrogen) atoms. The van der Waals surface area contributed by atoms with Crippen LogP contribution in [0.1, 0.15) is 21.7 Å². The predicted octanol–water partition coefficient (Wildman–Crippen LogP) is 3.60. The van der Waals surface area contributed by atoms with Gasteiger partial charge in [-0.15, -0.1) is 0 Å². The van der Waals surface area contributed by atoms with Crippen molar-refractivity contribution in [2.45, 2.75) is 13.2 Å². The highest BCUT2D eigenvalue weighted by Gasteiger charge is 2.27. The van der Waals surface area contributed by atoms with Gasteiger partial charge in [-0.3, -0.25) is 9.69 Å². The standard InChI is InChI=1S/C20H22N2O3S/c1-24-13-17-16-4-2-3-5-18(16)25-19(17)20(23)22-9-7-21(8-10-22)12-15-6-11-26-14-15/h2-6,11,14H,7-10,12-13H2,1H3. The van der Waals surface area contributed by atoms with Crippen LogP contribution in [0.5, 0.6) is 0 Å². The van der Waals surface area contributed by atoms with E-state index in [0.29, 0.717) is 25.5 Å². The van der Waals surface area contributed by atoms with Crippen molar-refractivity contribution < 1.29 is 13.9 Å². The molecule has 0 aliphatic carbocycles. The Balaban J connectivity index is 1.48. The fraction of sp³-hybridized carbons (Fsp3) is 0.350. The molecule has 0 bridgehead atoms. The highest BCUT2D eigenvalue weighted by molar-refractivity contribution is 7.07. The summed E-state index contributed by atoms with van der Waals surface area (Å²) in [6.45, 7) is 4.50. The summed E-state index contributed by atoms with van der Waals surface area (Å²) in [5.74, 6) is 0.378. The monoisotopic (exact) mass is 370 g/mol. The Kier molecular flexibility index (Phi) is 5.06. The second kappa shape index (κ2) is 7.61. The van der Waals surface area contributed by atoms with Crippen LogP contribution < -0.4 is 0 Å². The summed E-state index contributed by atoms with van der Waals surface area (Å²) in [6.07, 6.45) is 0. The summed E-state index contributed by atoms with van der Waals surface area (Å²) in [5, 5.41) is 5.24. The number of thiophene rings is 1. The van der Waals surface area contributed by atoms with Crippen molar-refractivity contribution in [1.29, 1.82) is 0 Å². The zero-order valence-corrected chi connectivity index (χ0v) is 15.6. The first kappa shape index (κ1) is 17.3. The molecule has 0 spiro atoms. The molecule has 6 heteroatoms. The number of ether oxygens (including phenoxy) is 1. The lowest BCUT2D eigenvalue weighted by Gasteiger charge is -2.34. The van der Waals surface area contributed by atoms with Crippen LogP contribution in [0, 0.1) is 0 Å². The summed E-state index contributed by atoms with van der Waals surface area (Å²) in [7, 11) is 1.64. The molecule has 5 nitrogen and oxygen atoms in total. The average Bonchev–Trinajstić information content (AvgIpc) is 3.30. The molecule has 0 N–H and O–H groups in total. The molecule has 136 valence electrons. The van der Waals surface area contributed by atoms with Gasteiger partial charge >= 0.3 is 0 Å². The van der Waals surface area contributed by atoms with Crippen LogP contribution in [-0.4, -0.2) is 49.0 Å². The number of nitrogens with zero attached hydrogens (tertiary/aromatic N) is 2. The number of amides is 1. The molecule has 0 unspecified atom stereocenters. The van der Waals surface area contributed by atoms with Gasteiger partial charge in [-0.1, -0.05) is 18.2 Å². The minimum atomic E-state index is -0.0385. The molecule has 4 rings (SSSR count). The van der Waals surface area contributed by atoms with Gasteiger partial charge < -0.3 is 14.1 Å². The highest BCUT2D eigenvalue weighted by atomic mass is 32.1. The third kappa shape index (κ3) is 3.40. The van der Waals surface area contributed by atoms with E-state index in [0.717, 1.165) is 36.2 Å². The average molecular weight is 370 g/mol. The molecule has 0 radical (unpaired) electrons. The molecule has 1 saturated heterocycles. The van der Waals surface area contributed by atoms with Gasteiger partial charge in [0.1, 0.15) is 5.58 Å². The number of hydrogen-bond acceptors (Lipinski definition) is 5. The number of furan rings is 1. The van der Waals surface area contributed by atoms with E-state index in [1.54, 1.807) is 18.4 Å². The SMILES string of the molecule is COCc1c(C(=O)N2CCN(Cc3ccsc3)CC2)oc2ccccc12. The summed E-state index contributed by atoms with van der Waals surface area (Å²) in [4.78, 5) is 17.3. The molecule has 0 atom stereocenters. The van der Waals surface area contributed by atoms with Gasteiger partial charge in [0.15, 0.2) is 5.76 Å². The fourth-order valence-electron chi connectivity index (χ4n) is 3.45. The van der Waals surface area contributed by atoms with Crippen LogP contribution in [0.25, 0.3) is 11.0 Å². The van der Waals surface area contributed by atoms with Gasteiger partial charge in [0.2, 0.25) is 0 Å². The van der Waals surface area contributed by atoms with Gasteiger partial charge in [-0.05, 0) is 28.5 Å². The second-order valence-corrected chi connectivity index (χ2v) is 7.32. The maximum absolute atomic E-state index is 13.0. The van der Waals surface area contributed by atoms with Gasteiger partial charge in [0.05, 0.1) is 6.61 Å². The molecule has 0 saturated carbocycles. The van der Waals surface area contributed by atoms with Crippen molar-refractivity contribution in [1.82, 2.24) is 9.80 Å². The Morgan fingerprint density at radius 1 is 1.19 bits per heavy atom. The van der Waals surface area contributed by atoms with Crippen molar-refractivity contribution >= 4 is 28.2 Å². The molecule has 1 aromatic carbocycles. The molecule has 3 heterocycles. The smallest absolute Gasteiger partial charge is 0.290 e. The quantitative estimate of drug-likeness (QED) is 0.688. The third-order valence-corrected chi connectivity index (χ3v) is 5.56. The molecule has 2 aromatic heterocycles. The molecule has 1 aliphatic heterocycles. The first-order valence-corrected chi connectivity index (χ1v) is 9.72. The lowest BCUT2D eigenvalue weighted by molar-refractivity contribution is 0.0594. The van der Waals surface area contributed by atoms with Crippen LogP contribution in [0.2, 0.25) is 0 Å². The minimum Gasteiger partial charge on any atom is -0.451 e. The Bertz CT molecular complexity index is 880. The summed E-state index contributed by atoms with van der Waals surface area (Å²) < 4.78 is 11.2. The number of piperazine rings is 1. The van der Waals surface area contributed by atoms with Gasteiger partial charge in [-0.25, -0.2) is 0 Å². The maximum atomic E-state index is 13.0. The summed E-state index contributed by atoms with van der Waals surface area (Å²) in [5.41, 5.74) is 2.92. The Morgan fingerprint density at radius 2 is 2.00 bits per heavy atom. The normalized spacial score (nSPS) is 15.7. The molecule has 1 amide bonds. The number of para-hydroxylation sites is 1. The fourth-order valence-corrected chi connectivity index (χ4v) is 4.11. The summed E-state index contributed by atoms with van der Waals surface area (Å²) >= 11 is 1.72. The lowest BCUT2D eigenvalue weighted by Crippen LogP contribution is -2.48. The van der Waals surface area contributed by atoms with Crippen LogP contribution >= 0.6 is 11.3 Å². The van der Waals surface area contributed by atoms with E-state index in [2.05, 4.69) is 21.7 Å². The van der Waals surface area contributed by atoms with Gasteiger partial charge in [-0.2, -0.15) is 11.3 Å². The second-order valence-electron chi connectivity index (χ2n) is 6.54. The van der Waals surface area contributed by atoms with Crippen molar-refractivity contribution in [2.24, 2.45) is 0 Å². The molecule has 3 aromatic rings. The van der Waals surface area contributed by atoms with E-state index in [1.165, 1.54) is 5.56 Å². The molecular formula is C20H22N2O3S. The van der Waals surface area contributed by atoms with Gasteiger partial charge in [0, 0.05) is 50.8 Å². The molecule has 1 fully saturated rings. The number of hydrogen-bond donors (Lipinski definition) is 0. The Labute approximate surface area is 156 Å². The number of carbonyl (C=O) groups excluding carboxylic acids is 1. The number of fused-ring (bicyclic) bond motifs is 1. The highest BCUT2D eigenvalue weighted by Crippen LogP contribution is 2.28. The van der Waals surface area contributed by atoms with Gasteiger partial charge in [0.25, 0.3) is 5.91 Å². The van der Waals surface area contributed by atoms with E-state index >= 15 is 0 Å². The van der Waals surface area contributed by atoms with Crippen molar-refractivity contribution in [3.05, 3.63) is 58.0 Å². The van der Waals surface area contributed by atoms with Crippen LogP contribution in [0.3, 0.4) is 0 Å². The van der Waals surface area contributed by atoms with E-state index in [-0.39, 0.29) is 5.91 Å². The zero-order chi connectivity index (χ0) is 17.9. The Morgan fingerprint density at radius 3 is 2.73 bits per heavy atom. The topological polar surface area (TPSA) is 45.9 Å². The van der Waals surface area contributed by atoms with E-state index in [4.69, 9.17) is 9.15 Å². The van der Waals surface area contributed by atoms with E-state index in [1.807, 2.05) is 29.2 Å². The van der Waals surface area contributed by atoms with Crippen molar-refractivity contribution in [2.75, 3.05) is 33.3 Å². The largest absolute Gasteiger partial charge is 0.451 e. The van der Waals surface area contributed by atoms with Crippen LogP contribution in [0.15, 0.2) is 45.5 Å². The Hall–Kier alpha value is -2.15. The minimum absolute atomic E-state index is 0.0385. The number of methoxy groups -OCH3 is 1. The first-order chi connectivity index (χ1) is 12.8. The lowest BCUT2D eigenvalue weighted by atomic mass is 10.1. The van der Waals surface area contributed by atoms with E-state index < -0.39 is 0 Å². The zero-order valence-electron chi connectivity index (χ0n) is 14.8. The van der Waals surface area contributed by atoms with Crippen LogP contribution in [0.4, 0.5) is 0 Å². The van der Waals surface area contributed by atoms with E-state index in [9.17, 15) is 4.79 Å². The number of carbonyl (C=O) groups is 1. The van der Waals surface area contributed by atoms with Crippen molar-refractivity contribution in [3.8, 4) is 0 Å². The molecular weight excluding hydrogens is 348 g/mol. The number of benzene rings is 1. The number of rotatable bonds is 5. The third-order valence-electron chi connectivity index (χ3n) is 4.83. The maximum Gasteiger partial charge on any atom is 0.290 e. The molecule has 1 aliphatic rings. The van der Waals surface area contributed by atoms with Crippen molar-refractivity contribution in [3.63, 3.8) is 0 Å². The summed E-state index contributed by atoms with van der Waals surface area (Å²) in [6, 6.07) is 9.90.